The van der Waals surface area contributed by atoms with Gasteiger partial charge in [0.2, 0.25) is 0 Å². The lowest BCUT2D eigenvalue weighted by Gasteiger charge is -2.22. The first-order valence-electron chi connectivity index (χ1n) is 5.86. The van der Waals surface area contributed by atoms with E-state index in [0.717, 1.165) is 0 Å². The average Bonchev–Trinajstić information content (AvgIpc) is 2.65. The topological polar surface area (TPSA) is 75.1 Å². The Morgan fingerprint density at radius 3 is 2.74 bits per heavy atom. The number of hydrogen-bond donors (Lipinski definition) is 2. The van der Waals surface area contributed by atoms with Crippen molar-refractivity contribution in [2.75, 3.05) is 6.26 Å². The number of aromatic amines is 1. The summed E-state index contributed by atoms with van der Waals surface area (Å²) in [5, 5.41) is 9.24. The van der Waals surface area contributed by atoms with Crippen LogP contribution in [0.3, 0.4) is 0 Å². The fourth-order valence-corrected chi connectivity index (χ4v) is 2.25. The first-order valence-corrected chi connectivity index (χ1v) is 7.08. The number of thioether (sulfide) groups is 1. The van der Waals surface area contributed by atoms with Crippen LogP contribution >= 0.6 is 11.8 Å². The lowest BCUT2D eigenvalue weighted by molar-refractivity contribution is 0.0698. The van der Waals surface area contributed by atoms with Gasteiger partial charge in [0, 0.05) is 11.3 Å². The summed E-state index contributed by atoms with van der Waals surface area (Å²) < 4.78 is 1.36. The number of carbonyl (C=O) groups is 1. The van der Waals surface area contributed by atoms with Crippen LogP contribution < -0.4 is 5.69 Å². The van der Waals surface area contributed by atoms with Gasteiger partial charge in [-0.15, -0.1) is 0 Å². The number of rotatable bonds is 4. The first-order chi connectivity index (χ1) is 8.85. The van der Waals surface area contributed by atoms with Crippen molar-refractivity contribution in [2.45, 2.75) is 25.1 Å². The molecule has 0 spiro atoms. The number of aromatic nitrogens is 2. The van der Waals surface area contributed by atoms with Gasteiger partial charge in [-0.2, -0.15) is 11.8 Å². The van der Waals surface area contributed by atoms with Crippen molar-refractivity contribution in [3.05, 3.63) is 34.2 Å². The number of nitrogens with one attached hydrogen (secondary N) is 1. The van der Waals surface area contributed by atoms with E-state index in [1.807, 2.05) is 20.1 Å². The van der Waals surface area contributed by atoms with Gasteiger partial charge in [0.25, 0.3) is 0 Å². The highest BCUT2D eigenvalue weighted by Crippen LogP contribution is 2.25. The van der Waals surface area contributed by atoms with Crippen LogP contribution in [-0.4, -0.2) is 31.6 Å². The monoisotopic (exact) mass is 280 g/mol. The second-order valence-electron chi connectivity index (χ2n) is 4.99. The molecule has 0 unspecified atom stereocenters. The third-order valence-electron chi connectivity index (χ3n) is 3.11. The Labute approximate surface area is 114 Å². The Morgan fingerprint density at radius 1 is 1.47 bits per heavy atom. The molecule has 1 heterocycles. The van der Waals surface area contributed by atoms with Crippen molar-refractivity contribution in [1.82, 2.24) is 9.55 Å². The van der Waals surface area contributed by atoms with Gasteiger partial charge in [0.15, 0.2) is 0 Å². The van der Waals surface area contributed by atoms with E-state index in [1.54, 1.807) is 23.9 Å². The zero-order chi connectivity index (χ0) is 14.2. The van der Waals surface area contributed by atoms with E-state index < -0.39 is 5.97 Å². The molecule has 0 saturated heterocycles. The lowest BCUT2D eigenvalue weighted by atomic mass is 10.1. The molecule has 2 N–H and O–H groups in total. The molecule has 0 atom stereocenters. The zero-order valence-electron chi connectivity index (χ0n) is 11.1. The van der Waals surface area contributed by atoms with Crippen LogP contribution in [0.15, 0.2) is 23.0 Å². The number of benzene rings is 1. The molecular weight excluding hydrogens is 264 g/mol. The van der Waals surface area contributed by atoms with Crippen LogP contribution in [0, 0.1) is 0 Å². The molecule has 0 aliphatic rings. The Bertz CT molecular complexity index is 685. The molecule has 102 valence electrons. The second-order valence-corrected chi connectivity index (χ2v) is 6.50. The van der Waals surface area contributed by atoms with E-state index >= 15 is 0 Å². The van der Waals surface area contributed by atoms with Gasteiger partial charge >= 0.3 is 11.7 Å². The van der Waals surface area contributed by atoms with E-state index in [9.17, 15) is 14.7 Å². The highest BCUT2D eigenvalue weighted by Gasteiger charge is 2.22. The molecule has 2 rings (SSSR count). The average molecular weight is 280 g/mol. The number of H-pyrrole nitrogens is 1. The number of imidazole rings is 1. The molecule has 5 nitrogen and oxygen atoms in total. The SMILES string of the molecule is CSC(C)(C)Cn1c(=O)[nH]c2cccc(C(=O)O)c21. The standard InChI is InChI=1S/C13H16N2O3S/c1-13(2,19-3)7-15-10-8(11(16)17)5-4-6-9(10)14-12(15)18/h4-6H,7H2,1-3H3,(H,14,18)(H,16,17). The minimum atomic E-state index is -1.03. The Hall–Kier alpha value is -1.69. The summed E-state index contributed by atoms with van der Waals surface area (Å²) in [4.78, 5) is 26.0. The van der Waals surface area contributed by atoms with Crippen molar-refractivity contribution < 1.29 is 9.90 Å². The normalized spacial score (nSPS) is 11.9. The molecule has 6 heteroatoms. The number of nitrogens with zero attached hydrogens (tertiary/aromatic N) is 1. The Balaban J connectivity index is 2.70. The number of hydrogen-bond acceptors (Lipinski definition) is 3. The number of aromatic carboxylic acids is 1. The number of fused-ring (bicyclic) bond motifs is 1. The maximum atomic E-state index is 12.0. The summed E-state index contributed by atoms with van der Waals surface area (Å²) in [6.45, 7) is 4.50. The first kappa shape index (κ1) is 13.7. The van der Waals surface area contributed by atoms with E-state index in [-0.39, 0.29) is 16.0 Å². The van der Waals surface area contributed by atoms with Crippen LogP contribution in [0.4, 0.5) is 0 Å². The van der Waals surface area contributed by atoms with E-state index in [2.05, 4.69) is 4.98 Å². The van der Waals surface area contributed by atoms with E-state index in [4.69, 9.17) is 0 Å². The number of para-hydroxylation sites is 1. The van der Waals surface area contributed by atoms with E-state index in [1.165, 1.54) is 10.6 Å². The molecule has 0 amide bonds. The van der Waals surface area contributed by atoms with Gasteiger partial charge in [0.05, 0.1) is 16.6 Å². The summed E-state index contributed by atoms with van der Waals surface area (Å²) in [6, 6.07) is 4.86. The maximum absolute atomic E-state index is 12.0. The Kier molecular flexibility index (Phi) is 3.45. The molecule has 1 aromatic carbocycles. The molecule has 0 radical (unpaired) electrons. The fraction of sp³-hybridized carbons (Fsp3) is 0.385. The van der Waals surface area contributed by atoms with Gasteiger partial charge in [-0.3, -0.25) is 4.57 Å². The molecule has 0 saturated carbocycles. The molecule has 0 aliphatic heterocycles. The van der Waals surface area contributed by atoms with Crippen LogP contribution in [0.1, 0.15) is 24.2 Å². The van der Waals surface area contributed by atoms with Crippen LogP contribution in [0.25, 0.3) is 11.0 Å². The van der Waals surface area contributed by atoms with Gasteiger partial charge in [0.1, 0.15) is 0 Å². The molecular formula is C13H16N2O3S. The largest absolute Gasteiger partial charge is 0.478 e. The minimum Gasteiger partial charge on any atom is -0.478 e. The van der Waals surface area contributed by atoms with Gasteiger partial charge in [-0.25, -0.2) is 9.59 Å². The van der Waals surface area contributed by atoms with E-state index in [0.29, 0.717) is 17.6 Å². The number of carboxylic acids is 1. The van der Waals surface area contributed by atoms with Gasteiger partial charge < -0.3 is 10.1 Å². The summed E-state index contributed by atoms with van der Waals surface area (Å²) in [5.74, 6) is -1.03. The second kappa shape index (κ2) is 4.77. The lowest BCUT2D eigenvalue weighted by Crippen LogP contribution is -2.29. The van der Waals surface area contributed by atoms with Crippen molar-refractivity contribution >= 4 is 28.8 Å². The van der Waals surface area contributed by atoms with Crippen molar-refractivity contribution in [2.24, 2.45) is 0 Å². The third kappa shape index (κ3) is 2.53. The van der Waals surface area contributed by atoms with Gasteiger partial charge in [-0.05, 0) is 32.2 Å². The summed E-state index contributed by atoms with van der Waals surface area (Å²) in [7, 11) is 0. The van der Waals surface area contributed by atoms with Crippen molar-refractivity contribution in [3.63, 3.8) is 0 Å². The molecule has 1 aromatic heterocycles. The minimum absolute atomic E-state index is 0.146. The molecule has 0 aliphatic carbocycles. The molecule has 0 bridgehead atoms. The summed E-state index contributed by atoms with van der Waals surface area (Å²) in [6.07, 6.45) is 1.97. The summed E-state index contributed by atoms with van der Waals surface area (Å²) in [5.41, 5.74) is 0.891. The number of carboxylic acid groups (broad SMARTS) is 1. The highest BCUT2D eigenvalue weighted by atomic mass is 32.2. The Morgan fingerprint density at radius 2 is 2.16 bits per heavy atom. The predicted octanol–water partition coefficient (Wildman–Crippen LogP) is 2.17. The smallest absolute Gasteiger partial charge is 0.337 e. The predicted molar refractivity (Wildman–Crippen MR) is 77.1 cm³/mol. The zero-order valence-corrected chi connectivity index (χ0v) is 11.9. The summed E-state index contributed by atoms with van der Waals surface area (Å²) >= 11 is 1.64. The maximum Gasteiger partial charge on any atom is 0.337 e. The highest BCUT2D eigenvalue weighted by molar-refractivity contribution is 7.99. The van der Waals surface area contributed by atoms with Crippen molar-refractivity contribution in [1.29, 1.82) is 0 Å². The fourth-order valence-electron chi connectivity index (χ4n) is 1.99. The van der Waals surface area contributed by atoms with Gasteiger partial charge in [-0.1, -0.05) is 6.07 Å². The van der Waals surface area contributed by atoms with Crippen LogP contribution in [0.2, 0.25) is 0 Å². The van der Waals surface area contributed by atoms with Crippen molar-refractivity contribution in [3.8, 4) is 0 Å². The molecule has 19 heavy (non-hydrogen) atoms. The molecule has 2 aromatic rings. The van der Waals surface area contributed by atoms with Crippen LogP contribution in [-0.2, 0) is 6.54 Å². The molecule has 0 fully saturated rings. The quantitative estimate of drug-likeness (QED) is 0.900. The van der Waals surface area contributed by atoms with Crippen LogP contribution in [0.5, 0.6) is 0 Å². The third-order valence-corrected chi connectivity index (χ3v) is 4.35.